The molecule has 0 atom stereocenters. The van der Waals surface area contributed by atoms with E-state index in [0.717, 1.165) is 32.6 Å². The largest absolute Gasteiger partial charge is 0.496 e. The molecule has 0 aliphatic rings. The van der Waals surface area contributed by atoms with Gasteiger partial charge in [0.1, 0.15) is 5.75 Å². The molecule has 0 unspecified atom stereocenters. The number of nitrogens with one attached hydrogen (secondary N) is 1. The maximum atomic E-state index is 12.1. The van der Waals surface area contributed by atoms with Crippen LogP contribution < -0.4 is 10.1 Å². The summed E-state index contributed by atoms with van der Waals surface area (Å²) in [6.45, 7) is 6.05. The van der Waals surface area contributed by atoms with Crippen molar-refractivity contribution in [1.29, 1.82) is 0 Å². The molecule has 0 saturated carbocycles. The molecule has 1 amide bonds. The van der Waals surface area contributed by atoms with Crippen LogP contribution in [0.3, 0.4) is 0 Å². The molecule has 2 aromatic carbocycles. The van der Waals surface area contributed by atoms with Crippen LogP contribution in [-0.2, 0) is 4.79 Å². The number of benzene rings is 2. The first-order valence-electron chi connectivity index (χ1n) is 7.31. The van der Waals surface area contributed by atoms with E-state index in [-0.39, 0.29) is 5.91 Å². The summed E-state index contributed by atoms with van der Waals surface area (Å²) in [7, 11) is 1.62. The van der Waals surface area contributed by atoms with Crippen molar-refractivity contribution in [1.82, 2.24) is 0 Å². The first-order chi connectivity index (χ1) is 10.9. The molecule has 2 rings (SSSR count). The number of halogens is 1. The van der Waals surface area contributed by atoms with E-state index in [0.29, 0.717) is 0 Å². The predicted octanol–water partition coefficient (Wildman–Crippen LogP) is 5.03. The third-order valence-corrected chi connectivity index (χ3v) is 4.15. The van der Waals surface area contributed by atoms with Crippen molar-refractivity contribution < 1.29 is 9.53 Å². The van der Waals surface area contributed by atoms with Gasteiger partial charge < -0.3 is 10.1 Å². The maximum Gasteiger partial charge on any atom is 0.248 e. The van der Waals surface area contributed by atoms with Crippen LogP contribution in [0.1, 0.15) is 22.3 Å². The highest BCUT2D eigenvalue weighted by atomic mass is 79.9. The van der Waals surface area contributed by atoms with Gasteiger partial charge in [0.2, 0.25) is 5.91 Å². The summed E-state index contributed by atoms with van der Waals surface area (Å²) >= 11 is 3.43. The number of carbonyl (C=O) groups excluding carboxylic acids is 1. The van der Waals surface area contributed by atoms with Crippen LogP contribution in [0.15, 0.2) is 40.9 Å². The Morgan fingerprint density at radius 2 is 1.78 bits per heavy atom. The average Bonchev–Trinajstić information content (AvgIpc) is 2.49. The lowest BCUT2D eigenvalue weighted by atomic mass is 10.1. The van der Waals surface area contributed by atoms with Gasteiger partial charge in [-0.05, 0) is 71.6 Å². The SMILES string of the molecule is COc1ccc(/C=C/C(=O)Nc2c(C)cc(C)cc2C)cc1Br. The molecule has 0 spiro atoms. The second-order valence-corrected chi connectivity index (χ2v) is 6.34. The minimum Gasteiger partial charge on any atom is -0.496 e. The van der Waals surface area contributed by atoms with Gasteiger partial charge in [-0.15, -0.1) is 0 Å². The summed E-state index contributed by atoms with van der Waals surface area (Å²) in [5, 5.41) is 2.95. The second-order valence-electron chi connectivity index (χ2n) is 5.49. The zero-order valence-corrected chi connectivity index (χ0v) is 15.3. The quantitative estimate of drug-likeness (QED) is 0.762. The summed E-state index contributed by atoms with van der Waals surface area (Å²) in [4.78, 5) is 12.1. The van der Waals surface area contributed by atoms with Crippen LogP contribution in [0.25, 0.3) is 6.08 Å². The predicted molar refractivity (Wildman–Crippen MR) is 99.0 cm³/mol. The van der Waals surface area contributed by atoms with Gasteiger partial charge in [0.25, 0.3) is 0 Å². The van der Waals surface area contributed by atoms with Gasteiger partial charge in [-0.3, -0.25) is 4.79 Å². The summed E-state index contributed by atoms with van der Waals surface area (Å²) in [6, 6.07) is 9.79. The number of methoxy groups -OCH3 is 1. The molecule has 120 valence electrons. The molecule has 4 heteroatoms. The molecule has 2 aromatic rings. The van der Waals surface area contributed by atoms with Crippen LogP contribution in [0.5, 0.6) is 5.75 Å². The van der Waals surface area contributed by atoms with Crippen molar-refractivity contribution in [3.63, 3.8) is 0 Å². The van der Waals surface area contributed by atoms with Crippen molar-refractivity contribution in [2.24, 2.45) is 0 Å². The Morgan fingerprint density at radius 1 is 1.13 bits per heavy atom. The summed E-state index contributed by atoms with van der Waals surface area (Å²) < 4.78 is 6.04. The first kappa shape index (κ1) is 17.3. The fraction of sp³-hybridized carbons (Fsp3) is 0.211. The number of rotatable bonds is 4. The number of aryl methyl sites for hydroxylation is 3. The molecule has 0 radical (unpaired) electrons. The van der Waals surface area contributed by atoms with Crippen molar-refractivity contribution in [3.05, 3.63) is 63.1 Å². The minimum absolute atomic E-state index is 0.146. The van der Waals surface area contributed by atoms with Gasteiger partial charge >= 0.3 is 0 Å². The Hall–Kier alpha value is -2.07. The lowest BCUT2D eigenvalue weighted by Gasteiger charge is -2.11. The lowest BCUT2D eigenvalue weighted by Crippen LogP contribution is -2.10. The van der Waals surface area contributed by atoms with Gasteiger partial charge in [0.15, 0.2) is 0 Å². The Balaban J connectivity index is 2.12. The van der Waals surface area contributed by atoms with E-state index in [1.807, 2.05) is 39.0 Å². The van der Waals surface area contributed by atoms with E-state index in [9.17, 15) is 4.79 Å². The van der Waals surface area contributed by atoms with Crippen LogP contribution in [-0.4, -0.2) is 13.0 Å². The Labute approximate surface area is 145 Å². The van der Waals surface area contributed by atoms with Crippen LogP contribution in [0.2, 0.25) is 0 Å². The Bertz CT molecular complexity index is 743. The molecule has 0 aliphatic heterocycles. The van der Waals surface area contributed by atoms with E-state index in [1.165, 1.54) is 11.6 Å². The Kier molecular flexibility index (Phi) is 5.61. The topological polar surface area (TPSA) is 38.3 Å². The van der Waals surface area contributed by atoms with Gasteiger partial charge in [-0.25, -0.2) is 0 Å². The number of carbonyl (C=O) groups is 1. The number of ether oxygens (including phenoxy) is 1. The fourth-order valence-electron chi connectivity index (χ4n) is 2.50. The monoisotopic (exact) mass is 373 g/mol. The molecule has 0 fully saturated rings. The van der Waals surface area contributed by atoms with Gasteiger partial charge in [-0.1, -0.05) is 23.8 Å². The molecular weight excluding hydrogens is 354 g/mol. The third kappa shape index (κ3) is 4.45. The standard InChI is InChI=1S/C19H20BrNO2/c1-12-9-13(2)19(14(3)10-12)21-18(22)8-6-15-5-7-17(23-4)16(20)11-15/h5-11H,1-4H3,(H,21,22)/b8-6+. The van der Waals surface area contributed by atoms with Crippen molar-refractivity contribution in [2.45, 2.75) is 20.8 Å². The summed E-state index contributed by atoms with van der Waals surface area (Å²) in [6.07, 6.45) is 3.31. The number of hydrogen-bond donors (Lipinski definition) is 1. The second kappa shape index (κ2) is 7.47. The average molecular weight is 374 g/mol. The third-order valence-electron chi connectivity index (χ3n) is 3.53. The summed E-state index contributed by atoms with van der Waals surface area (Å²) in [5.41, 5.74) is 5.12. The van der Waals surface area contributed by atoms with Crippen molar-refractivity contribution in [3.8, 4) is 5.75 Å². The molecule has 0 aliphatic carbocycles. The number of hydrogen-bond acceptors (Lipinski definition) is 2. The molecule has 0 heterocycles. The molecule has 1 N–H and O–H groups in total. The van der Waals surface area contributed by atoms with Gasteiger partial charge in [0.05, 0.1) is 11.6 Å². The summed E-state index contributed by atoms with van der Waals surface area (Å²) in [5.74, 6) is 0.615. The first-order valence-corrected chi connectivity index (χ1v) is 8.10. The molecule has 0 saturated heterocycles. The zero-order valence-electron chi connectivity index (χ0n) is 13.7. The molecule has 23 heavy (non-hydrogen) atoms. The van der Waals surface area contributed by atoms with E-state index < -0.39 is 0 Å². The number of anilines is 1. The normalized spacial score (nSPS) is 10.8. The van der Waals surface area contributed by atoms with Crippen molar-refractivity contribution >= 4 is 33.6 Å². The number of amides is 1. The zero-order chi connectivity index (χ0) is 17.0. The highest BCUT2D eigenvalue weighted by Gasteiger charge is 2.06. The van der Waals surface area contributed by atoms with Crippen LogP contribution >= 0.6 is 15.9 Å². The van der Waals surface area contributed by atoms with Crippen molar-refractivity contribution in [2.75, 3.05) is 12.4 Å². The van der Waals surface area contributed by atoms with Gasteiger partial charge in [-0.2, -0.15) is 0 Å². The van der Waals surface area contributed by atoms with Gasteiger partial charge in [0, 0.05) is 11.8 Å². The van der Waals surface area contributed by atoms with E-state index >= 15 is 0 Å². The fourth-order valence-corrected chi connectivity index (χ4v) is 3.06. The van der Waals surface area contributed by atoms with E-state index in [4.69, 9.17) is 4.74 Å². The molecule has 3 nitrogen and oxygen atoms in total. The Morgan fingerprint density at radius 3 is 2.35 bits per heavy atom. The highest BCUT2D eigenvalue weighted by Crippen LogP contribution is 2.26. The lowest BCUT2D eigenvalue weighted by molar-refractivity contribution is -0.111. The smallest absolute Gasteiger partial charge is 0.248 e. The highest BCUT2D eigenvalue weighted by molar-refractivity contribution is 9.10. The van der Waals surface area contributed by atoms with Crippen LogP contribution in [0.4, 0.5) is 5.69 Å². The molecular formula is C19H20BrNO2. The maximum absolute atomic E-state index is 12.1. The van der Waals surface area contributed by atoms with E-state index in [1.54, 1.807) is 13.2 Å². The van der Waals surface area contributed by atoms with Crippen LogP contribution in [0, 0.1) is 20.8 Å². The molecule has 0 bridgehead atoms. The minimum atomic E-state index is -0.146. The van der Waals surface area contributed by atoms with E-state index in [2.05, 4.69) is 33.4 Å². The molecule has 0 aromatic heterocycles.